The number of alkyl halides is 1. The van der Waals surface area contributed by atoms with Gasteiger partial charge < -0.3 is 15.4 Å². The number of benzene rings is 2. The van der Waals surface area contributed by atoms with Crippen molar-refractivity contribution >= 4 is 23.3 Å². The van der Waals surface area contributed by atoms with Crippen LogP contribution in [0, 0.1) is 0 Å². The number of anilines is 1. The summed E-state index contributed by atoms with van der Waals surface area (Å²) < 4.78 is 5.72. The molecule has 3 atom stereocenters. The lowest BCUT2D eigenvalue weighted by Crippen LogP contribution is -2.63. The minimum absolute atomic E-state index is 0.170. The highest BCUT2D eigenvalue weighted by Gasteiger charge is 2.24. The Hall–Kier alpha value is -2.28. The quantitative estimate of drug-likeness (QED) is 0.498. The number of carbonyl (C=O) groups is 1. The third-order valence-corrected chi connectivity index (χ3v) is 4.03. The van der Waals surface area contributed by atoms with Crippen molar-refractivity contribution < 1.29 is 9.53 Å². The van der Waals surface area contributed by atoms with Crippen LogP contribution in [0.5, 0.6) is 11.5 Å². The van der Waals surface area contributed by atoms with Crippen LogP contribution in [-0.4, -0.2) is 23.9 Å². The largest absolute Gasteiger partial charge is 0.457 e. The molecule has 3 rings (SSSR count). The molecular formula is C18H21ClN4O2. The normalized spacial score (nSPS) is 22.9. The molecule has 0 aliphatic carbocycles. The van der Waals surface area contributed by atoms with Gasteiger partial charge in [-0.1, -0.05) is 18.2 Å². The summed E-state index contributed by atoms with van der Waals surface area (Å²) in [5.74, 6) is 1.46. The number of ether oxygens (including phenoxy) is 1. The number of hydrogen-bond donors (Lipinski definition) is 4. The summed E-state index contributed by atoms with van der Waals surface area (Å²) in [4.78, 5) is 12.1. The topological polar surface area (TPSA) is 74.4 Å². The average Bonchev–Trinajstić information content (AvgIpc) is 2.56. The van der Waals surface area contributed by atoms with Gasteiger partial charge in [0.25, 0.3) is 0 Å². The van der Waals surface area contributed by atoms with Crippen LogP contribution < -0.4 is 26.0 Å². The zero-order valence-electron chi connectivity index (χ0n) is 13.8. The molecule has 2 aromatic carbocycles. The van der Waals surface area contributed by atoms with Crippen molar-refractivity contribution in [2.45, 2.75) is 31.2 Å². The highest BCUT2D eigenvalue weighted by atomic mass is 35.5. The number of nitrogens with one attached hydrogen (secondary N) is 4. The van der Waals surface area contributed by atoms with Gasteiger partial charge in [-0.05, 0) is 49.7 Å². The first kappa shape index (κ1) is 17.5. The minimum Gasteiger partial charge on any atom is -0.457 e. The molecule has 0 saturated carbocycles. The Morgan fingerprint density at radius 3 is 2.44 bits per heavy atom. The second-order valence-corrected chi connectivity index (χ2v) is 6.44. The van der Waals surface area contributed by atoms with E-state index in [0.717, 1.165) is 12.2 Å². The van der Waals surface area contributed by atoms with Crippen molar-refractivity contribution in [3.8, 4) is 11.5 Å². The van der Waals surface area contributed by atoms with Crippen molar-refractivity contribution in [1.29, 1.82) is 0 Å². The van der Waals surface area contributed by atoms with Crippen molar-refractivity contribution in [1.82, 2.24) is 16.0 Å². The van der Waals surface area contributed by atoms with Gasteiger partial charge in [0, 0.05) is 11.7 Å². The highest BCUT2D eigenvalue weighted by molar-refractivity contribution is 6.20. The van der Waals surface area contributed by atoms with Crippen LogP contribution in [0.1, 0.15) is 13.3 Å². The fourth-order valence-electron chi connectivity index (χ4n) is 2.57. The van der Waals surface area contributed by atoms with E-state index < -0.39 is 0 Å². The number of hydrogen-bond acceptors (Lipinski definition) is 4. The molecule has 7 heteroatoms. The van der Waals surface area contributed by atoms with E-state index in [4.69, 9.17) is 16.3 Å². The zero-order chi connectivity index (χ0) is 17.6. The Balaban J connectivity index is 1.51. The maximum atomic E-state index is 12.1. The maximum absolute atomic E-state index is 12.1. The molecule has 4 N–H and O–H groups in total. The molecule has 0 radical (unpaired) electrons. The summed E-state index contributed by atoms with van der Waals surface area (Å²) in [6.07, 6.45) is 0.427. The summed E-state index contributed by atoms with van der Waals surface area (Å²) in [5.41, 5.74) is 0.500. The summed E-state index contributed by atoms with van der Waals surface area (Å²) in [6.45, 7) is 2.02. The van der Waals surface area contributed by atoms with Gasteiger partial charge in [0.2, 0.25) is 0 Å². The smallest absolute Gasteiger partial charge is 0.321 e. The first-order valence-electron chi connectivity index (χ1n) is 8.15. The second kappa shape index (κ2) is 8.20. The molecule has 0 bridgehead atoms. The van der Waals surface area contributed by atoms with Gasteiger partial charge in [0.05, 0.1) is 5.50 Å². The summed E-state index contributed by atoms with van der Waals surface area (Å²) >= 11 is 6.10. The lowest BCUT2D eigenvalue weighted by molar-refractivity contribution is 0.225. The Morgan fingerprint density at radius 1 is 1.08 bits per heavy atom. The molecule has 25 heavy (non-hydrogen) atoms. The van der Waals surface area contributed by atoms with Gasteiger partial charge in [0.15, 0.2) is 0 Å². The summed E-state index contributed by atoms with van der Waals surface area (Å²) in [7, 11) is 0. The Labute approximate surface area is 151 Å². The molecule has 3 unspecified atom stereocenters. The SMILES string of the molecule is CC1CC(Cl)NC(NC(=O)Nc2ccc(Oc3ccccc3)cc2)N1. The van der Waals surface area contributed by atoms with E-state index >= 15 is 0 Å². The molecule has 0 spiro atoms. The molecule has 2 amide bonds. The maximum Gasteiger partial charge on any atom is 0.321 e. The molecule has 1 aliphatic rings. The summed E-state index contributed by atoms with van der Waals surface area (Å²) in [6, 6.07) is 16.6. The van der Waals surface area contributed by atoms with Crippen molar-refractivity contribution in [3.63, 3.8) is 0 Å². The molecule has 132 valence electrons. The van der Waals surface area contributed by atoms with Crippen molar-refractivity contribution in [3.05, 3.63) is 54.6 Å². The number of amides is 2. The van der Waals surface area contributed by atoms with E-state index in [2.05, 4.69) is 21.3 Å². The van der Waals surface area contributed by atoms with Crippen molar-refractivity contribution in [2.75, 3.05) is 5.32 Å². The van der Waals surface area contributed by atoms with Gasteiger partial charge in [-0.15, -0.1) is 11.6 Å². The molecule has 1 heterocycles. The predicted octanol–water partition coefficient (Wildman–Crippen LogP) is 3.42. The van der Waals surface area contributed by atoms with Crippen LogP contribution in [0.15, 0.2) is 54.6 Å². The lowest BCUT2D eigenvalue weighted by atomic mass is 10.2. The number of urea groups is 1. The first-order valence-corrected chi connectivity index (χ1v) is 8.59. The third-order valence-electron chi connectivity index (χ3n) is 3.73. The van der Waals surface area contributed by atoms with Gasteiger partial charge in [0.1, 0.15) is 17.8 Å². The van der Waals surface area contributed by atoms with Crippen LogP contribution in [0.3, 0.4) is 0 Å². The van der Waals surface area contributed by atoms with E-state index in [9.17, 15) is 4.79 Å². The Morgan fingerprint density at radius 2 is 1.76 bits per heavy atom. The number of carbonyl (C=O) groups excluding carboxylic acids is 1. The standard InChI is InChI=1S/C18H21ClN4O2/c1-12-11-16(19)22-17(20-12)23-18(24)21-13-7-9-15(10-8-13)25-14-5-3-2-4-6-14/h2-10,12,16-17,20,22H,11H2,1H3,(H2,21,23,24). The zero-order valence-corrected chi connectivity index (χ0v) is 14.6. The second-order valence-electron chi connectivity index (χ2n) is 5.91. The van der Waals surface area contributed by atoms with Crippen LogP contribution in [0.25, 0.3) is 0 Å². The Bertz CT molecular complexity index is 686. The van der Waals surface area contributed by atoms with Gasteiger partial charge in [-0.2, -0.15) is 0 Å². The van der Waals surface area contributed by atoms with Gasteiger partial charge in [-0.3, -0.25) is 10.6 Å². The molecule has 1 fully saturated rings. The fourth-order valence-corrected chi connectivity index (χ4v) is 2.97. The van der Waals surface area contributed by atoms with E-state index in [1.165, 1.54) is 0 Å². The average molecular weight is 361 g/mol. The van der Waals surface area contributed by atoms with Crippen LogP contribution in [0.4, 0.5) is 10.5 Å². The van der Waals surface area contributed by atoms with Crippen molar-refractivity contribution in [2.24, 2.45) is 0 Å². The number of rotatable bonds is 4. The van der Waals surface area contributed by atoms with E-state index in [-0.39, 0.29) is 23.9 Å². The highest BCUT2D eigenvalue weighted by Crippen LogP contribution is 2.22. The molecule has 1 saturated heterocycles. The monoisotopic (exact) mass is 360 g/mol. The first-order chi connectivity index (χ1) is 12.1. The minimum atomic E-state index is -0.369. The Kier molecular flexibility index (Phi) is 5.75. The van der Waals surface area contributed by atoms with Gasteiger partial charge in [-0.25, -0.2) is 4.79 Å². The molecule has 6 nitrogen and oxygen atoms in total. The number of halogens is 1. The lowest BCUT2D eigenvalue weighted by Gasteiger charge is -2.33. The molecule has 1 aliphatic heterocycles. The fraction of sp³-hybridized carbons (Fsp3) is 0.278. The van der Waals surface area contributed by atoms with Crippen LogP contribution in [-0.2, 0) is 0 Å². The van der Waals surface area contributed by atoms with Crippen LogP contribution >= 0.6 is 11.6 Å². The van der Waals surface area contributed by atoms with Gasteiger partial charge >= 0.3 is 6.03 Å². The van der Waals surface area contributed by atoms with Crippen LogP contribution in [0.2, 0.25) is 0 Å². The molecule has 2 aromatic rings. The number of para-hydroxylation sites is 1. The molecular weight excluding hydrogens is 340 g/mol. The van der Waals surface area contributed by atoms with E-state index in [0.29, 0.717) is 11.4 Å². The molecule has 0 aromatic heterocycles. The van der Waals surface area contributed by atoms with E-state index in [1.54, 1.807) is 24.3 Å². The van der Waals surface area contributed by atoms with E-state index in [1.807, 2.05) is 37.3 Å². The predicted molar refractivity (Wildman–Crippen MR) is 98.9 cm³/mol. The summed E-state index contributed by atoms with van der Waals surface area (Å²) in [5, 5.41) is 11.9. The third kappa shape index (κ3) is 5.35.